The average Bonchev–Trinajstić information content (AvgIpc) is 2.72. The molecule has 2 amide bonds. The molecule has 2 heterocycles. The van der Waals surface area contributed by atoms with Crippen LogP contribution in [0.3, 0.4) is 0 Å². The molecule has 0 aliphatic carbocycles. The largest absolute Gasteiger partial charge is 0.381 e. The Kier molecular flexibility index (Phi) is 6.88. The van der Waals surface area contributed by atoms with Crippen LogP contribution in [0.1, 0.15) is 28.8 Å². The van der Waals surface area contributed by atoms with E-state index in [1.54, 1.807) is 36.5 Å². The highest BCUT2D eigenvalue weighted by Crippen LogP contribution is 2.39. The number of rotatable bonds is 6. The first-order valence-electron chi connectivity index (χ1n) is 9.03. The van der Waals surface area contributed by atoms with Crippen molar-refractivity contribution >= 4 is 35.0 Å². The predicted octanol–water partition coefficient (Wildman–Crippen LogP) is 2.98. The van der Waals surface area contributed by atoms with Crippen molar-refractivity contribution in [3.05, 3.63) is 63.9 Å². The topological polar surface area (TPSA) is 80.3 Å². The van der Waals surface area contributed by atoms with Gasteiger partial charge >= 0.3 is 0 Å². The molecular formula is C20H21Cl2N3O3. The quantitative estimate of drug-likeness (QED) is 0.702. The third-order valence-electron chi connectivity index (χ3n) is 4.85. The van der Waals surface area contributed by atoms with Crippen LogP contribution in [-0.4, -0.2) is 43.1 Å². The molecular weight excluding hydrogens is 401 g/mol. The lowest BCUT2D eigenvalue weighted by Gasteiger charge is -2.36. The second kappa shape index (κ2) is 9.37. The standard InChI is InChI=1S/C20H21Cl2N3O3/c21-15-3-4-16(17(22)12-15)20(5-10-28-11-6-20)19(27)25-9-8-24-18(26)14-2-1-7-23-13-14/h1-4,7,12-13H,5-6,8-11H2,(H,24,26)(H,25,27). The number of amides is 2. The number of pyridine rings is 1. The summed E-state index contributed by atoms with van der Waals surface area (Å²) in [6, 6.07) is 8.57. The first kappa shape index (κ1) is 20.6. The van der Waals surface area contributed by atoms with Gasteiger partial charge in [-0.2, -0.15) is 0 Å². The van der Waals surface area contributed by atoms with Crippen molar-refractivity contribution in [3.8, 4) is 0 Å². The van der Waals surface area contributed by atoms with E-state index in [4.69, 9.17) is 27.9 Å². The van der Waals surface area contributed by atoms with Crippen LogP contribution < -0.4 is 10.6 Å². The zero-order valence-corrected chi connectivity index (χ0v) is 16.7. The third kappa shape index (κ3) is 4.63. The molecule has 2 N–H and O–H groups in total. The maximum Gasteiger partial charge on any atom is 0.252 e. The number of ether oxygens (including phenoxy) is 1. The summed E-state index contributed by atoms with van der Waals surface area (Å²) >= 11 is 12.4. The number of nitrogens with one attached hydrogen (secondary N) is 2. The average molecular weight is 422 g/mol. The van der Waals surface area contributed by atoms with Crippen LogP contribution in [0.15, 0.2) is 42.7 Å². The number of nitrogens with zero attached hydrogens (tertiary/aromatic N) is 1. The van der Waals surface area contributed by atoms with E-state index in [1.807, 2.05) is 0 Å². The molecule has 0 bridgehead atoms. The summed E-state index contributed by atoms with van der Waals surface area (Å²) in [5, 5.41) is 6.68. The van der Waals surface area contributed by atoms with Crippen molar-refractivity contribution in [2.24, 2.45) is 0 Å². The molecule has 1 aliphatic heterocycles. The zero-order valence-electron chi connectivity index (χ0n) is 15.2. The Labute approximate surface area is 173 Å². The fourth-order valence-electron chi connectivity index (χ4n) is 3.34. The van der Waals surface area contributed by atoms with E-state index in [0.717, 1.165) is 5.56 Å². The molecule has 148 valence electrons. The number of aromatic nitrogens is 1. The van der Waals surface area contributed by atoms with Crippen LogP contribution in [0.4, 0.5) is 0 Å². The van der Waals surface area contributed by atoms with Gasteiger partial charge in [0.1, 0.15) is 0 Å². The van der Waals surface area contributed by atoms with E-state index in [0.29, 0.717) is 54.8 Å². The van der Waals surface area contributed by atoms with Crippen LogP contribution >= 0.6 is 23.2 Å². The SMILES string of the molecule is O=C(NCCNC(=O)C1(c2ccc(Cl)cc2Cl)CCOCC1)c1cccnc1. The van der Waals surface area contributed by atoms with Gasteiger partial charge in [-0.1, -0.05) is 29.3 Å². The second-order valence-electron chi connectivity index (χ2n) is 6.57. The minimum atomic E-state index is -0.771. The maximum atomic E-state index is 13.1. The summed E-state index contributed by atoms with van der Waals surface area (Å²) in [7, 11) is 0. The number of carbonyl (C=O) groups excluding carboxylic acids is 2. The van der Waals surface area contributed by atoms with Gasteiger partial charge in [-0.15, -0.1) is 0 Å². The molecule has 8 heteroatoms. The Morgan fingerprint density at radius 2 is 1.86 bits per heavy atom. The molecule has 0 atom stereocenters. The first-order chi connectivity index (χ1) is 13.5. The molecule has 1 fully saturated rings. The molecule has 1 aliphatic rings. The van der Waals surface area contributed by atoms with Gasteiger partial charge in [-0.05, 0) is 42.7 Å². The fourth-order valence-corrected chi connectivity index (χ4v) is 3.93. The van der Waals surface area contributed by atoms with Crippen LogP contribution in [0, 0.1) is 0 Å². The van der Waals surface area contributed by atoms with Gasteiger partial charge in [0.25, 0.3) is 5.91 Å². The second-order valence-corrected chi connectivity index (χ2v) is 7.42. The lowest BCUT2D eigenvalue weighted by Crippen LogP contribution is -2.49. The van der Waals surface area contributed by atoms with Gasteiger partial charge in [0.15, 0.2) is 0 Å². The number of halogens is 2. The van der Waals surface area contributed by atoms with Crippen molar-refractivity contribution in [2.45, 2.75) is 18.3 Å². The molecule has 3 rings (SSSR count). The molecule has 0 unspecified atom stereocenters. The molecule has 1 aromatic heterocycles. The minimum absolute atomic E-state index is 0.129. The Morgan fingerprint density at radius 3 is 2.54 bits per heavy atom. The van der Waals surface area contributed by atoms with Gasteiger partial charge in [0.05, 0.1) is 11.0 Å². The molecule has 6 nitrogen and oxygen atoms in total. The Morgan fingerprint density at radius 1 is 1.11 bits per heavy atom. The summed E-state index contributed by atoms with van der Waals surface area (Å²) in [5.74, 6) is -0.362. The van der Waals surface area contributed by atoms with E-state index in [2.05, 4.69) is 15.6 Å². The van der Waals surface area contributed by atoms with Gasteiger partial charge in [0.2, 0.25) is 5.91 Å². The van der Waals surface area contributed by atoms with Gasteiger partial charge in [-0.3, -0.25) is 14.6 Å². The molecule has 0 spiro atoms. The molecule has 2 aromatic rings. The number of hydrogen-bond donors (Lipinski definition) is 2. The van der Waals surface area contributed by atoms with Crippen molar-refractivity contribution in [1.29, 1.82) is 0 Å². The Bertz CT molecular complexity index is 840. The molecule has 1 saturated heterocycles. The lowest BCUT2D eigenvalue weighted by molar-refractivity contribution is -0.130. The molecule has 0 radical (unpaired) electrons. The molecule has 0 saturated carbocycles. The molecule has 1 aromatic carbocycles. The van der Waals surface area contributed by atoms with Crippen LogP contribution in [-0.2, 0) is 14.9 Å². The predicted molar refractivity (Wildman–Crippen MR) is 108 cm³/mol. The summed E-state index contributed by atoms with van der Waals surface area (Å²) in [6.07, 6.45) is 4.16. The summed E-state index contributed by atoms with van der Waals surface area (Å²) in [5.41, 5.74) is 0.453. The summed E-state index contributed by atoms with van der Waals surface area (Å²) in [4.78, 5) is 29.0. The smallest absolute Gasteiger partial charge is 0.252 e. The first-order valence-corrected chi connectivity index (χ1v) is 9.78. The van der Waals surface area contributed by atoms with E-state index in [9.17, 15) is 9.59 Å². The van der Waals surface area contributed by atoms with Crippen LogP contribution in [0.2, 0.25) is 10.0 Å². The Hall–Kier alpha value is -2.15. The number of benzene rings is 1. The van der Waals surface area contributed by atoms with E-state index in [1.165, 1.54) is 6.20 Å². The van der Waals surface area contributed by atoms with E-state index < -0.39 is 5.41 Å². The van der Waals surface area contributed by atoms with Gasteiger partial charge in [-0.25, -0.2) is 0 Å². The van der Waals surface area contributed by atoms with E-state index >= 15 is 0 Å². The monoisotopic (exact) mass is 421 g/mol. The van der Waals surface area contributed by atoms with Gasteiger partial charge < -0.3 is 15.4 Å². The fraction of sp³-hybridized carbons (Fsp3) is 0.350. The highest BCUT2D eigenvalue weighted by molar-refractivity contribution is 6.35. The minimum Gasteiger partial charge on any atom is -0.381 e. The normalized spacial score (nSPS) is 15.6. The Balaban J connectivity index is 1.63. The number of hydrogen-bond acceptors (Lipinski definition) is 4. The van der Waals surface area contributed by atoms with Crippen LogP contribution in [0.5, 0.6) is 0 Å². The molecule has 28 heavy (non-hydrogen) atoms. The maximum absolute atomic E-state index is 13.1. The van der Waals surface area contributed by atoms with Crippen molar-refractivity contribution in [2.75, 3.05) is 26.3 Å². The van der Waals surface area contributed by atoms with Gasteiger partial charge in [0, 0.05) is 48.7 Å². The van der Waals surface area contributed by atoms with Crippen molar-refractivity contribution in [1.82, 2.24) is 15.6 Å². The highest BCUT2D eigenvalue weighted by Gasteiger charge is 2.42. The zero-order chi connectivity index (χ0) is 20.0. The van der Waals surface area contributed by atoms with E-state index in [-0.39, 0.29) is 11.8 Å². The van der Waals surface area contributed by atoms with Crippen molar-refractivity contribution < 1.29 is 14.3 Å². The highest BCUT2D eigenvalue weighted by atomic mass is 35.5. The summed E-state index contributed by atoms with van der Waals surface area (Å²) in [6.45, 7) is 1.56. The lowest BCUT2D eigenvalue weighted by atomic mass is 9.73. The van der Waals surface area contributed by atoms with Crippen molar-refractivity contribution in [3.63, 3.8) is 0 Å². The third-order valence-corrected chi connectivity index (χ3v) is 5.40. The summed E-state index contributed by atoms with van der Waals surface area (Å²) < 4.78 is 5.45. The number of carbonyl (C=O) groups is 2. The van der Waals surface area contributed by atoms with Crippen LogP contribution in [0.25, 0.3) is 0 Å².